The summed E-state index contributed by atoms with van der Waals surface area (Å²) in [6.45, 7) is 0. The Hall–Kier alpha value is -4.20. The molecule has 0 heterocycles. The van der Waals surface area contributed by atoms with Gasteiger partial charge in [-0.3, -0.25) is 19.7 Å². The van der Waals surface area contributed by atoms with Gasteiger partial charge in [-0.25, -0.2) is 0 Å². The van der Waals surface area contributed by atoms with Gasteiger partial charge in [-0.05, 0) is 18.2 Å². The lowest BCUT2D eigenvalue weighted by Gasteiger charge is -2.21. The highest BCUT2D eigenvalue weighted by molar-refractivity contribution is 6.31. The Morgan fingerprint density at radius 1 is 0.857 bits per heavy atom. The smallest absolute Gasteiger partial charge is 0.270 e. The van der Waals surface area contributed by atoms with Crippen LogP contribution in [0.4, 0.5) is 17.1 Å². The van der Waals surface area contributed by atoms with Gasteiger partial charge >= 0.3 is 0 Å². The highest BCUT2D eigenvalue weighted by Gasteiger charge is 2.36. The molecule has 0 fully saturated rings. The van der Waals surface area contributed by atoms with Crippen molar-refractivity contribution < 1.29 is 24.7 Å². The number of benzene rings is 3. The number of fused-ring (bicyclic) bond motifs is 2. The van der Waals surface area contributed by atoms with Gasteiger partial charge < -0.3 is 15.5 Å². The number of rotatable bonds is 3. The quantitative estimate of drug-likeness (QED) is 0.216. The third-order valence-corrected chi connectivity index (χ3v) is 4.49. The van der Waals surface area contributed by atoms with Crippen LogP contribution >= 0.6 is 0 Å². The van der Waals surface area contributed by atoms with E-state index in [2.05, 4.69) is 5.32 Å². The molecule has 8 heteroatoms. The molecule has 4 rings (SSSR count). The molecule has 0 aromatic heterocycles. The zero-order valence-electron chi connectivity index (χ0n) is 14.2. The number of phenols is 2. The van der Waals surface area contributed by atoms with Crippen LogP contribution in [0.1, 0.15) is 31.8 Å². The van der Waals surface area contributed by atoms with Crippen LogP contribution in [0.15, 0.2) is 54.6 Å². The Kier molecular flexibility index (Phi) is 3.82. The lowest BCUT2D eigenvalue weighted by molar-refractivity contribution is -0.384. The number of hydrogen-bond acceptors (Lipinski definition) is 7. The van der Waals surface area contributed by atoms with Crippen LogP contribution < -0.4 is 5.32 Å². The standard InChI is InChI=1S/C20H12N2O6/c23-15-9-14(21-10-4-2-1-3-5-10)20(26)17-16(15)19(25)13-8-11(22(27)28)6-7-12(13)18(17)24/h1-9,21,23,26H. The number of nitrogens with one attached hydrogen (secondary N) is 1. The highest BCUT2D eigenvalue weighted by Crippen LogP contribution is 2.43. The second kappa shape index (κ2) is 6.20. The Morgan fingerprint density at radius 2 is 1.54 bits per heavy atom. The molecule has 0 aliphatic heterocycles. The Balaban J connectivity index is 1.88. The first-order chi connectivity index (χ1) is 13.4. The molecule has 1 aliphatic carbocycles. The minimum Gasteiger partial charge on any atom is -0.507 e. The molecule has 1 aliphatic rings. The van der Waals surface area contributed by atoms with Gasteiger partial charge in [0.05, 0.1) is 21.7 Å². The van der Waals surface area contributed by atoms with Crippen LogP contribution in [0.3, 0.4) is 0 Å². The van der Waals surface area contributed by atoms with Gasteiger partial charge in [-0.1, -0.05) is 18.2 Å². The number of para-hydroxylation sites is 1. The number of carbonyl (C=O) groups is 2. The minimum absolute atomic E-state index is 0.0500. The summed E-state index contributed by atoms with van der Waals surface area (Å²) < 4.78 is 0. The van der Waals surface area contributed by atoms with Crippen LogP contribution in [0.25, 0.3) is 0 Å². The second-order valence-corrected chi connectivity index (χ2v) is 6.18. The van der Waals surface area contributed by atoms with Crippen molar-refractivity contribution in [2.24, 2.45) is 0 Å². The molecule has 0 atom stereocenters. The number of non-ortho nitro benzene ring substituents is 1. The van der Waals surface area contributed by atoms with Gasteiger partial charge in [-0.15, -0.1) is 0 Å². The molecule has 28 heavy (non-hydrogen) atoms. The van der Waals surface area contributed by atoms with Crippen molar-refractivity contribution >= 4 is 28.6 Å². The Bertz CT molecular complexity index is 1170. The maximum absolute atomic E-state index is 12.9. The Morgan fingerprint density at radius 3 is 2.21 bits per heavy atom. The van der Waals surface area contributed by atoms with Crippen LogP contribution in [0.2, 0.25) is 0 Å². The Labute approximate surface area is 157 Å². The molecule has 8 nitrogen and oxygen atoms in total. The fraction of sp³-hybridized carbons (Fsp3) is 0. The fourth-order valence-corrected chi connectivity index (χ4v) is 3.18. The summed E-state index contributed by atoms with van der Waals surface area (Å²) in [4.78, 5) is 36.0. The number of nitrogens with zero attached hydrogens (tertiary/aromatic N) is 1. The largest absolute Gasteiger partial charge is 0.507 e. The van der Waals surface area contributed by atoms with Crippen molar-refractivity contribution in [1.29, 1.82) is 0 Å². The molecule has 0 bridgehead atoms. The van der Waals surface area contributed by atoms with Gasteiger partial charge in [0.1, 0.15) is 5.75 Å². The molecule has 0 unspecified atom stereocenters. The van der Waals surface area contributed by atoms with Crippen molar-refractivity contribution in [2.45, 2.75) is 0 Å². The third kappa shape index (κ3) is 2.55. The minimum atomic E-state index is -0.771. The number of anilines is 2. The number of phenolic OH excluding ortho intramolecular Hbond substituents is 2. The van der Waals surface area contributed by atoms with Crippen molar-refractivity contribution in [3.8, 4) is 11.5 Å². The molecule has 0 amide bonds. The van der Waals surface area contributed by atoms with Crippen LogP contribution in [0, 0.1) is 10.1 Å². The first kappa shape index (κ1) is 17.2. The number of ketones is 2. The lowest BCUT2D eigenvalue weighted by Crippen LogP contribution is -2.21. The SMILES string of the molecule is O=C1c2cc([N+](=O)[O-])ccc2C(=O)c2c(O)c(Nc3ccccc3)cc(O)c21. The molecular weight excluding hydrogens is 364 g/mol. The summed E-state index contributed by atoms with van der Waals surface area (Å²) in [7, 11) is 0. The zero-order valence-corrected chi connectivity index (χ0v) is 14.2. The summed E-state index contributed by atoms with van der Waals surface area (Å²) in [5.41, 5.74) is -0.690. The fourth-order valence-electron chi connectivity index (χ4n) is 3.18. The predicted octanol–water partition coefficient (Wildman–Crippen LogP) is 3.53. The average Bonchev–Trinajstić information content (AvgIpc) is 2.69. The van der Waals surface area contributed by atoms with Gasteiger partial charge in [0.25, 0.3) is 5.69 Å². The summed E-state index contributed by atoms with van der Waals surface area (Å²) >= 11 is 0. The number of nitro benzene ring substituents is 1. The van der Waals surface area contributed by atoms with E-state index in [9.17, 15) is 29.9 Å². The number of nitro groups is 1. The van der Waals surface area contributed by atoms with E-state index in [1.54, 1.807) is 30.3 Å². The maximum Gasteiger partial charge on any atom is 0.270 e. The molecule has 0 saturated carbocycles. The van der Waals surface area contributed by atoms with Crippen molar-refractivity contribution in [3.63, 3.8) is 0 Å². The lowest BCUT2D eigenvalue weighted by atomic mass is 9.82. The van der Waals surface area contributed by atoms with Crippen LogP contribution in [0.5, 0.6) is 11.5 Å². The van der Waals surface area contributed by atoms with E-state index < -0.39 is 28.0 Å². The van der Waals surface area contributed by atoms with Gasteiger partial charge in [0, 0.05) is 35.0 Å². The van der Waals surface area contributed by atoms with E-state index in [0.29, 0.717) is 5.69 Å². The summed E-state index contributed by atoms with van der Waals surface area (Å²) in [6, 6.07) is 13.2. The monoisotopic (exact) mass is 376 g/mol. The van der Waals surface area contributed by atoms with Crippen molar-refractivity contribution in [1.82, 2.24) is 0 Å². The number of aromatic hydroxyl groups is 2. The summed E-state index contributed by atoms with van der Waals surface area (Å²) in [6.07, 6.45) is 0. The van der Waals surface area contributed by atoms with Crippen molar-refractivity contribution in [3.05, 3.63) is 87.0 Å². The van der Waals surface area contributed by atoms with E-state index in [1.807, 2.05) is 0 Å². The topological polar surface area (TPSA) is 130 Å². The van der Waals surface area contributed by atoms with Crippen LogP contribution in [-0.4, -0.2) is 26.7 Å². The van der Waals surface area contributed by atoms with E-state index in [-0.39, 0.29) is 33.6 Å². The third-order valence-electron chi connectivity index (χ3n) is 4.49. The highest BCUT2D eigenvalue weighted by atomic mass is 16.6. The van der Waals surface area contributed by atoms with E-state index in [1.165, 1.54) is 6.07 Å². The normalized spacial score (nSPS) is 12.3. The zero-order chi connectivity index (χ0) is 20.0. The molecule has 3 N–H and O–H groups in total. The number of carbonyl (C=O) groups excluding carboxylic acids is 2. The van der Waals surface area contributed by atoms with Crippen molar-refractivity contribution in [2.75, 3.05) is 5.32 Å². The van der Waals surface area contributed by atoms with E-state index in [4.69, 9.17) is 0 Å². The first-order valence-electron chi connectivity index (χ1n) is 8.17. The second-order valence-electron chi connectivity index (χ2n) is 6.18. The molecule has 0 spiro atoms. The predicted molar refractivity (Wildman–Crippen MR) is 99.5 cm³/mol. The van der Waals surface area contributed by atoms with Gasteiger partial charge in [0.15, 0.2) is 17.3 Å². The molecule has 0 saturated heterocycles. The van der Waals surface area contributed by atoms with E-state index in [0.717, 1.165) is 18.2 Å². The average molecular weight is 376 g/mol. The molecule has 3 aromatic rings. The molecular formula is C20H12N2O6. The number of hydrogen-bond donors (Lipinski definition) is 3. The van der Waals surface area contributed by atoms with Gasteiger partial charge in [0.2, 0.25) is 0 Å². The molecule has 138 valence electrons. The summed E-state index contributed by atoms with van der Waals surface area (Å²) in [5.74, 6) is -2.47. The summed E-state index contributed by atoms with van der Waals surface area (Å²) in [5, 5.41) is 34.9. The van der Waals surface area contributed by atoms with Crippen LogP contribution in [-0.2, 0) is 0 Å². The van der Waals surface area contributed by atoms with E-state index >= 15 is 0 Å². The molecule has 3 aromatic carbocycles. The first-order valence-corrected chi connectivity index (χ1v) is 8.17. The van der Waals surface area contributed by atoms with Gasteiger partial charge in [-0.2, -0.15) is 0 Å². The molecule has 0 radical (unpaired) electrons. The maximum atomic E-state index is 12.9.